The first-order valence-corrected chi connectivity index (χ1v) is 4.83. The number of ketones is 1. The van der Waals surface area contributed by atoms with Crippen molar-refractivity contribution in [2.75, 3.05) is 6.54 Å². The number of rotatable bonds is 4. The van der Waals surface area contributed by atoms with Crippen LogP contribution >= 0.6 is 11.6 Å². The minimum absolute atomic E-state index is 0.0533. The lowest BCUT2D eigenvalue weighted by atomic mass is 10.0. The van der Waals surface area contributed by atoms with E-state index in [1.54, 1.807) is 18.2 Å². The molecule has 0 aromatic heterocycles. The maximum atomic E-state index is 11.7. The van der Waals surface area contributed by atoms with E-state index in [9.17, 15) is 4.79 Å². The number of hydrogen-bond acceptors (Lipinski definition) is 2. The number of aryl methyl sites for hydroxylation is 1. The zero-order valence-corrected chi connectivity index (χ0v) is 9.03. The summed E-state index contributed by atoms with van der Waals surface area (Å²) in [6, 6.07) is 5.17. The first-order chi connectivity index (χ1) is 7.15. The van der Waals surface area contributed by atoms with Crippen molar-refractivity contribution in [2.24, 2.45) is 5.11 Å². The van der Waals surface area contributed by atoms with Crippen LogP contribution < -0.4 is 0 Å². The van der Waals surface area contributed by atoms with Crippen molar-refractivity contribution in [1.82, 2.24) is 0 Å². The van der Waals surface area contributed by atoms with Gasteiger partial charge < -0.3 is 0 Å². The van der Waals surface area contributed by atoms with Gasteiger partial charge in [-0.05, 0) is 30.2 Å². The minimum Gasteiger partial charge on any atom is -0.294 e. The molecule has 0 saturated heterocycles. The highest BCUT2D eigenvalue weighted by atomic mass is 35.5. The standard InChI is InChI=1S/C10H10ClN3O/c1-7-2-3-8(11)6-9(7)10(15)4-5-13-14-12/h2-3,6H,4-5H2,1H3. The lowest BCUT2D eigenvalue weighted by molar-refractivity contribution is 0.0985. The summed E-state index contributed by atoms with van der Waals surface area (Å²) < 4.78 is 0. The van der Waals surface area contributed by atoms with Gasteiger partial charge in [0.1, 0.15) is 0 Å². The number of azide groups is 1. The number of carbonyl (C=O) groups excluding carboxylic acids is 1. The highest BCUT2D eigenvalue weighted by Crippen LogP contribution is 2.16. The molecule has 0 spiro atoms. The van der Waals surface area contributed by atoms with E-state index in [2.05, 4.69) is 10.0 Å². The van der Waals surface area contributed by atoms with Crippen LogP contribution in [-0.2, 0) is 0 Å². The highest BCUT2D eigenvalue weighted by molar-refractivity contribution is 6.31. The van der Waals surface area contributed by atoms with E-state index < -0.39 is 0 Å². The van der Waals surface area contributed by atoms with E-state index in [4.69, 9.17) is 17.1 Å². The summed E-state index contributed by atoms with van der Waals surface area (Å²) in [5.74, 6) is -0.0533. The van der Waals surface area contributed by atoms with Crippen LogP contribution in [-0.4, -0.2) is 12.3 Å². The number of nitrogens with zero attached hydrogens (tertiary/aromatic N) is 3. The lowest BCUT2D eigenvalue weighted by Gasteiger charge is -2.03. The number of halogens is 1. The van der Waals surface area contributed by atoms with Gasteiger partial charge >= 0.3 is 0 Å². The van der Waals surface area contributed by atoms with Crippen molar-refractivity contribution in [3.63, 3.8) is 0 Å². The van der Waals surface area contributed by atoms with Gasteiger partial charge in [0, 0.05) is 28.5 Å². The van der Waals surface area contributed by atoms with Gasteiger partial charge in [-0.1, -0.05) is 22.8 Å². The van der Waals surface area contributed by atoms with Crippen LogP contribution in [0.3, 0.4) is 0 Å². The van der Waals surface area contributed by atoms with Crippen LogP contribution in [0.5, 0.6) is 0 Å². The number of hydrogen-bond donors (Lipinski definition) is 0. The summed E-state index contributed by atoms with van der Waals surface area (Å²) in [4.78, 5) is 14.2. The van der Waals surface area contributed by atoms with E-state index in [0.717, 1.165) is 5.56 Å². The van der Waals surface area contributed by atoms with Crippen LogP contribution in [0, 0.1) is 6.92 Å². The van der Waals surface area contributed by atoms with Gasteiger partial charge in [-0.15, -0.1) is 0 Å². The molecule has 0 bridgehead atoms. The summed E-state index contributed by atoms with van der Waals surface area (Å²) in [6.45, 7) is 2.03. The summed E-state index contributed by atoms with van der Waals surface area (Å²) in [5.41, 5.74) is 9.55. The van der Waals surface area contributed by atoms with Gasteiger partial charge in [0.25, 0.3) is 0 Å². The second-order valence-corrected chi connectivity index (χ2v) is 3.52. The monoisotopic (exact) mass is 223 g/mol. The highest BCUT2D eigenvalue weighted by Gasteiger charge is 2.08. The fraction of sp³-hybridized carbons (Fsp3) is 0.300. The zero-order chi connectivity index (χ0) is 11.3. The van der Waals surface area contributed by atoms with E-state index in [-0.39, 0.29) is 18.7 Å². The van der Waals surface area contributed by atoms with Gasteiger partial charge in [-0.25, -0.2) is 0 Å². The molecule has 0 radical (unpaired) electrons. The van der Waals surface area contributed by atoms with E-state index in [1.165, 1.54) is 0 Å². The van der Waals surface area contributed by atoms with Gasteiger partial charge in [0.05, 0.1) is 0 Å². The molecule has 0 saturated carbocycles. The molecular formula is C10H10ClN3O. The molecule has 5 heteroatoms. The van der Waals surface area contributed by atoms with Crippen molar-refractivity contribution in [1.29, 1.82) is 0 Å². The first kappa shape index (κ1) is 11.6. The molecule has 0 amide bonds. The predicted molar refractivity (Wildman–Crippen MR) is 59.1 cm³/mol. The quantitative estimate of drug-likeness (QED) is 0.333. The van der Waals surface area contributed by atoms with Crippen LogP contribution in [0.15, 0.2) is 23.3 Å². The van der Waals surface area contributed by atoms with Gasteiger partial charge in [0.2, 0.25) is 0 Å². The van der Waals surface area contributed by atoms with Crippen molar-refractivity contribution in [3.05, 3.63) is 44.8 Å². The van der Waals surface area contributed by atoms with Crippen LogP contribution in [0.25, 0.3) is 10.4 Å². The molecule has 15 heavy (non-hydrogen) atoms. The molecule has 0 aliphatic carbocycles. The van der Waals surface area contributed by atoms with Crippen LogP contribution in [0.1, 0.15) is 22.3 Å². The topological polar surface area (TPSA) is 65.8 Å². The van der Waals surface area contributed by atoms with E-state index >= 15 is 0 Å². The molecular weight excluding hydrogens is 214 g/mol. The van der Waals surface area contributed by atoms with Gasteiger partial charge in [0.15, 0.2) is 5.78 Å². The Morgan fingerprint density at radius 3 is 3.00 bits per heavy atom. The minimum atomic E-state index is -0.0533. The second kappa shape index (κ2) is 5.39. The normalized spacial score (nSPS) is 9.47. The van der Waals surface area contributed by atoms with Gasteiger partial charge in [-0.3, -0.25) is 4.79 Å². The second-order valence-electron chi connectivity index (χ2n) is 3.09. The van der Waals surface area contributed by atoms with E-state index in [1.807, 2.05) is 6.92 Å². The third-order valence-corrected chi connectivity index (χ3v) is 2.24. The molecule has 0 aliphatic heterocycles. The van der Waals surface area contributed by atoms with Gasteiger partial charge in [-0.2, -0.15) is 0 Å². The summed E-state index contributed by atoms with van der Waals surface area (Å²) >= 11 is 5.79. The molecule has 0 unspecified atom stereocenters. The SMILES string of the molecule is Cc1ccc(Cl)cc1C(=O)CCN=[N+]=[N-]. The molecule has 4 nitrogen and oxygen atoms in total. The Balaban J connectivity index is 2.81. The smallest absolute Gasteiger partial charge is 0.163 e. The fourth-order valence-corrected chi connectivity index (χ4v) is 1.40. The van der Waals surface area contributed by atoms with Crippen molar-refractivity contribution in [2.45, 2.75) is 13.3 Å². The average molecular weight is 224 g/mol. The predicted octanol–water partition coefficient (Wildman–Crippen LogP) is 3.53. The Morgan fingerprint density at radius 1 is 1.60 bits per heavy atom. The molecule has 0 fully saturated rings. The van der Waals surface area contributed by atoms with Crippen molar-refractivity contribution < 1.29 is 4.79 Å². The molecule has 78 valence electrons. The van der Waals surface area contributed by atoms with E-state index in [0.29, 0.717) is 10.6 Å². The zero-order valence-electron chi connectivity index (χ0n) is 8.27. The van der Waals surface area contributed by atoms with Crippen LogP contribution in [0.2, 0.25) is 5.02 Å². The molecule has 0 atom stereocenters. The van der Waals surface area contributed by atoms with Crippen LogP contribution in [0.4, 0.5) is 0 Å². The Labute approximate surface area is 92.5 Å². The Morgan fingerprint density at radius 2 is 2.33 bits per heavy atom. The molecule has 1 aromatic rings. The third-order valence-electron chi connectivity index (χ3n) is 2.00. The number of Topliss-reactive ketones (excluding diaryl/α,β-unsaturated/α-hetero) is 1. The third kappa shape index (κ3) is 3.27. The molecule has 1 aromatic carbocycles. The summed E-state index contributed by atoms with van der Waals surface area (Å²) in [7, 11) is 0. The van der Waals surface area contributed by atoms with Crippen molar-refractivity contribution in [3.8, 4) is 0 Å². The average Bonchev–Trinajstić information content (AvgIpc) is 2.22. The summed E-state index contributed by atoms with van der Waals surface area (Å²) in [5, 5.41) is 3.85. The Kier molecular flexibility index (Phi) is 4.16. The Hall–Kier alpha value is -1.51. The van der Waals surface area contributed by atoms with Crippen molar-refractivity contribution >= 4 is 17.4 Å². The molecule has 0 N–H and O–H groups in total. The first-order valence-electron chi connectivity index (χ1n) is 4.45. The Bertz CT molecular complexity index is 425. The molecule has 0 aliphatic rings. The maximum Gasteiger partial charge on any atom is 0.163 e. The maximum absolute atomic E-state index is 11.7. The molecule has 1 rings (SSSR count). The number of benzene rings is 1. The summed E-state index contributed by atoms with van der Waals surface area (Å²) in [6.07, 6.45) is 0.214. The number of carbonyl (C=O) groups is 1. The molecule has 0 heterocycles. The lowest BCUT2D eigenvalue weighted by Crippen LogP contribution is -2.03. The largest absolute Gasteiger partial charge is 0.294 e. The fourth-order valence-electron chi connectivity index (χ4n) is 1.23.